The van der Waals surface area contributed by atoms with Crippen LogP contribution in [0.25, 0.3) is 11.2 Å². The van der Waals surface area contributed by atoms with E-state index in [4.69, 9.17) is 4.98 Å². The molecule has 2 heterocycles. The second-order valence-electron chi connectivity index (χ2n) is 9.52. The Hall–Kier alpha value is -4.26. The van der Waals surface area contributed by atoms with Crippen LogP contribution in [0.2, 0.25) is 0 Å². The van der Waals surface area contributed by atoms with Gasteiger partial charge in [0.15, 0.2) is 17.0 Å². The van der Waals surface area contributed by atoms with Crippen molar-refractivity contribution >= 4 is 22.9 Å². The third kappa shape index (κ3) is 5.09. The van der Waals surface area contributed by atoms with Gasteiger partial charge >= 0.3 is 0 Å². The predicted molar refractivity (Wildman–Crippen MR) is 144 cm³/mol. The molecule has 4 aromatic rings. The second-order valence-corrected chi connectivity index (χ2v) is 9.52. The summed E-state index contributed by atoms with van der Waals surface area (Å²) in [5.74, 6) is 6.28. The fourth-order valence-electron chi connectivity index (χ4n) is 5.12. The predicted octanol–water partition coefficient (Wildman–Crippen LogP) is 2.68. The summed E-state index contributed by atoms with van der Waals surface area (Å²) in [5.41, 5.74) is 2.61. The lowest BCUT2D eigenvalue weighted by Crippen LogP contribution is -2.30. The Kier molecular flexibility index (Phi) is 7.36. The Balaban J connectivity index is 1.53. The average molecular weight is 511 g/mol. The van der Waals surface area contributed by atoms with Crippen molar-refractivity contribution in [1.29, 1.82) is 0 Å². The largest absolute Gasteiger partial charge is 0.391 e. The smallest absolute Gasteiger partial charge is 0.223 e. The number of aromatic nitrogens is 4. The van der Waals surface area contributed by atoms with E-state index < -0.39 is 18.2 Å². The molecule has 0 aliphatic heterocycles. The van der Waals surface area contributed by atoms with Crippen LogP contribution in [0.1, 0.15) is 42.4 Å². The maximum atomic E-state index is 12.4. The van der Waals surface area contributed by atoms with Gasteiger partial charge in [0.1, 0.15) is 0 Å². The summed E-state index contributed by atoms with van der Waals surface area (Å²) in [6.45, 7) is 2.16. The number of rotatable bonds is 6. The van der Waals surface area contributed by atoms with E-state index in [9.17, 15) is 15.0 Å². The minimum absolute atomic E-state index is 0.0928. The molecule has 194 valence electrons. The number of benzene rings is 2. The van der Waals surface area contributed by atoms with Crippen LogP contribution in [-0.2, 0) is 4.79 Å². The molecule has 5 rings (SSSR count). The molecule has 4 N–H and O–H groups in total. The average Bonchev–Trinajstić information content (AvgIpc) is 3.50. The molecule has 1 aliphatic rings. The van der Waals surface area contributed by atoms with Crippen molar-refractivity contribution in [2.24, 2.45) is 11.8 Å². The molecule has 9 heteroatoms. The number of hydrogen-bond donors (Lipinski definition) is 4. The zero-order valence-corrected chi connectivity index (χ0v) is 21.2. The van der Waals surface area contributed by atoms with Gasteiger partial charge in [0.05, 0.1) is 24.6 Å². The van der Waals surface area contributed by atoms with E-state index in [1.165, 1.54) is 0 Å². The van der Waals surface area contributed by atoms with Crippen LogP contribution < -0.4 is 10.6 Å². The zero-order chi connectivity index (χ0) is 26.6. The molecular formula is C29H30N6O3. The van der Waals surface area contributed by atoms with E-state index in [1.807, 2.05) is 72.2 Å². The van der Waals surface area contributed by atoms with Gasteiger partial charge < -0.3 is 25.4 Å². The number of nitrogens with zero attached hydrogens (tertiary/aromatic N) is 4. The number of aliphatic hydroxyl groups excluding tert-OH is 2. The first-order valence-corrected chi connectivity index (χ1v) is 12.6. The third-order valence-corrected chi connectivity index (χ3v) is 7.13. The fourth-order valence-corrected chi connectivity index (χ4v) is 5.12. The summed E-state index contributed by atoms with van der Waals surface area (Å²) in [6, 6.07) is 18.5. The van der Waals surface area contributed by atoms with E-state index in [0.717, 1.165) is 11.1 Å². The Morgan fingerprint density at radius 1 is 1.11 bits per heavy atom. The summed E-state index contributed by atoms with van der Waals surface area (Å²) < 4.78 is 1.82. The van der Waals surface area contributed by atoms with Gasteiger partial charge in [-0.25, -0.2) is 15.0 Å². The van der Waals surface area contributed by atoms with Crippen LogP contribution in [0.3, 0.4) is 0 Å². The van der Waals surface area contributed by atoms with Crippen molar-refractivity contribution in [3.05, 3.63) is 83.9 Å². The summed E-state index contributed by atoms with van der Waals surface area (Å²) in [6.07, 6.45) is 0.482. The van der Waals surface area contributed by atoms with Crippen molar-refractivity contribution in [1.82, 2.24) is 24.8 Å². The molecule has 9 nitrogen and oxygen atoms in total. The topological polar surface area (TPSA) is 125 Å². The first kappa shape index (κ1) is 25.4. The molecule has 0 radical (unpaired) electrons. The maximum Gasteiger partial charge on any atom is 0.223 e. The van der Waals surface area contributed by atoms with Crippen molar-refractivity contribution in [2.45, 2.75) is 31.6 Å². The van der Waals surface area contributed by atoms with Gasteiger partial charge in [0.2, 0.25) is 11.7 Å². The van der Waals surface area contributed by atoms with Crippen molar-refractivity contribution < 1.29 is 15.0 Å². The van der Waals surface area contributed by atoms with E-state index in [2.05, 4.69) is 32.4 Å². The van der Waals surface area contributed by atoms with Gasteiger partial charge in [-0.1, -0.05) is 61.4 Å². The molecule has 0 saturated heterocycles. The number of fused-ring (bicyclic) bond motifs is 1. The van der Waals surface area contributed by atoms with Crippen molar-refractivity contribution in [3.8, 4) is 11.8 Å². The van der Waals surface area contributed by atoms with E-state index in [0.29, 0.717) is 23.4 Å². The number of imidazole rings is 1. The van der Waals surface area contributed by atoms with Gasteiger partial charge in [-0.2, -0.15) is 0 Å². The highest BCUT2D eigenvalue weighted by Gasteiger charge is 2.44. The van der Waals surface area contributed by atoms with Gasteiger partial charge in [-0.05, 0) is 36.0 Å². The quantitative estimate of drug-likeness (QED) is 0.294. The molecule has 1 fully saturated rings. The number of nitrogens with one attached hydrogen (secondary N) is 2. The lowest BCUT2D eigenvalue weighted by Gasteiger charge is -2.23. The lowest BCUT2D eigenvalue weighted by molar-refractivity contribution is -0.125. The minimum atomic E-state index is -0.757. The minimum Gasteiger partial charge on any atom is -0.391 e. The lowest BCUT2D eigenvalue weighted by atomic mass is 9.95. The molecule has 2 aromatic carbocycles. The Labute approximate surface area is 221 Å². The second kappa shape index (κ2) is 11.0. The van der Waals surface area contributed by atoms with Crippen LogP contribution in [0.5, 0.6) is 0 Å². The summed E-state index contributed by atoms with van der Waals surface area (Å²) in [4.78, 5) is 26.3. The van der Waals surface area contributed by atoms with Crippen LogP contribution in [0, 0.1) is 23.7 Å². The number of anilines is 1. The molecular weight excluding hydrogens is 480 g/mol. The summed E-state index contributed by atoms with van der Waals surface area (Å²) >= 11 is 0. The summed E-state index contributed by atoms with van der Waals surface area (Å²) in [7, 11) is 1.61. The molecule has 1 amide bonds. The number of carbonyl (C=O) groups excluding carboxylic acids is 1. The fraction of sp³-hybridized carbons (Fsp3) is 0.310. The van der Waals surface area contributed by atoms with E-state index in [-0.39, 0.29) is 30.1 Å². The number of carbonyl (C=O) groups is 1. The van der Waals surface area contributed by atoms with Gasteiger partial charge in [0.25, 0.3) is 0 Å². The Morgan fingerprint density at radius 2 is 1.82 bits per heavy atom. The maximum absolute atomic E-state index is 12.4. The van der Waals surface area contributed by atoms with Crippen LogP contribution in [0.15, 0.2) is 67.0 Å². The molecule has 38 heavy (non-hydrogen) atoms. The number of amides is 1. The Bertz CT molecular complexity index is 1480. The monoisotopic (exact) mass is 510 g/mol. The van der Waals surface area contributed by atoms with Crippen LogP contribution >= 0.6 is 0 Å². The Morgan fingerprint density at radius 3 is 2.53 bits per heavy atom. The zero-order valence-electron chi connectivity index (χ0n) is 21.2. The van der Waals surface area contributed by atoms with Gasteiger partial charge in [-0.3, -0.25) is 4.79 Å². The molecule has 0 bridgehead atoms. The standard InChI is InChI=1S/C29H30N6O3/c1-18-21(29(38)30-2)15-22(36)26(18)35-17-32-25-27(31-16-23(37)20-11-7-4-8-12-20)33-24(34-28(25)35)14-13-19-9-5-3-6-10-19/h3-12,17-18,21-23,26,36-37H,15-16H2,1-2H3,(H,30,38)(H,31,33,34)/t18-,21+,22+,23?,26+/m0/s1. The van der Waals surface area contributed by atoms with Crippen LogP contribution in [-0.4, -0.2) is 55.3 Å². The SMILES string of the molecule is CNC(=O)[C@@H]1C[C@@H](O)[C@H](n2cnc3c(NCC(O)c4ccccc4)nc(C#Cc4ccccc4)nc32)[C@H]1C. The van der Waals surface area contributed by atoms with Gasteiger partial charge in [0, 0.05) is 25.1 Å². The molecule has 2 aromatic heterocycles. The highest BCUT2D eigenvalue weighted by Crippen LogP contribution is 2.42. The first-order valence-electron chi connectivity index (χ1n) is 12.6. The molecule has 1 saturated carbocycles. The highest BCUT2D eigenvalue weighted by atomic mass is 16.3. The molecule has 5 atom stereocenters. The van der Waals surface area contributed by atoms with Gasteiger partial charge in [-0.15, -0.1) is 0 Å². The van der Waals surface area contributed by atoms with Crippen molar-refractivity contribution in [2.75, 3.05) is 18.9 Å². The highest BCUT2D eigenvalue weighted by molar-refractivity contribution is 5.84. The first-order chi connectivity index (χ1) is 18.5. The van der Waals surface area contributed by atoms with E-state index >= 15 is 0 Å². The van der Waals surface area contributed by atoms with Crippen LogP contribution in [0.4, 0.5) is 5.82 Å². The number of hydrogen-bond acceptors (Lipinski definition) is 7. The van der Waals surface area contributed by atoms with Crippen molar-refractivity contribution in [3.63, 3.8) is 0 Å². The molecule has 1 unspecified atom stereocenters. The summed E-state index contributed by atoms with van der Waals surface area (Å²) in [5, 5.41) is 27.6. The van der Waals surface area contributed by atoms with E-state index in [1.54, 1.807) is 13.4 Å². The normalized spacial score (nSPS) is 21.5. The molecule has 0 spiro atoms. The third-order valence-electron chi connectivity index (χ3n) is 7.13. The number of aliphatic hydroxyl groups is 2. The molecule has 1 aliphatic carbocycles.